The summed E-state index contributed by atoms with van der Waals surface area (Å²) in [4.78, 5) is 30.9. The van der Waals surface area contributed by atoms with Gasteiger partial charge in [0.25, 0.3) is 5.56 Å². The highest BCUT2D eigenvalue weighted by Gasteiger charge is 2.51. The minimum atomic E-state index is -1.30. The van der Waals surface area contributed by atoms with Gasteiger partial charge in [0, 0.05) is 19.0 Å². The Morgan fingerprint density at radius 1 is 1.26 bits per heavy atom. The quantitative estimate of drug-likeness (QED) is 0.602. The molecule has 10 nitrogen and oxygen atoms in total. The molecule has 1 fully saturated rings. The number of benzene rings is 1. The van der Waals surface area contributed by atoms with Crippen LogP contribution in [0.25, 0.3) is 16.7 Å². The fourth-order valence-electron chi connectivity index (χ4n) is 5.01. The van der Waals surface area contributed by atoms with E-state index in [4.69, 9.17) is 4.74 Å². The molecule has 1 aliphatic heterocycles. The van der Waals surface area contributed by atoms with Crippen molar-refractivity contribution in [1.29, 1.82) is 0 Å². The first kappa shape index (κ1) is 23.7. The highest BCUT2D eigenvalue weighted by Crippen LogP contribution is 2.45. The highest BCUT2D eigenvalue weighted by molar-refractivity contribution is 5.75. The summed E-state index contributed by atoms with van der Waals surface area (Å²) >= 11 is 0. The van der Waals surface area contributed by atoms with Gasteiger partial charge in [0.15, 0.2) is 5.65 Å². The smallest absolute Gasteiger partial charge is 0.407 e. The van der Waals surface area contributed by atoms with Gasteiger partial charge in [0.2, 0.25) is 0 Å². The summed E-state index contributed by atoms with van der Waals surface area (Å²) in [7, 11) is 1.59. The van der Waals surface area contributed by atoms with E-state index >= 15 is 0 Å². The Bertz CT molecular complexity index is 1260. The van der Waals surface area contributed by atoms with Crippen LogP contribution >= 0.6 is 0 Å². The van der Waals surface area contributed by atoms with Crippen molar-refractivity contribution in [3.63, 3.8) is 0 Å². The number of piperidine rings is 1. The number of hydrogen-bond donors (Lipinski definition) is 2. The first-order valence-electron chi connectivity index (χ1n) is 11.3. The third kappa shape index (κ3) is 3.91. The third-order valence-corrected chi connectivity index (χ3v) is 7.08. The number of methoxy groups -OCH3 is 1. The topological polar surface area (TPSA) is 123 Å². The van der Waals surface area contributed by atoms with E-state index in [0.29, 0.717) is 16.8 Å². The van der Waals surface area contributed by atoms with Crippen molar-refractivity contribution < 1.29 is 19.7 Å². The molecule has 0 bridgehead atoms. The number of carbonyl (C=O) groups is 1. The minimum absolute atomic E-state index is 0.194. The van der Waals surface area contributed by atoms with Gasteiger partial charge < -0.3 is 19.8 Å². The van der Waals surface area contributed by atoms with Crippen LogP contribution in [0.3, 0.4) is 0 Å². The fraction of sp³-hybridized carbons (Fsp3) is 0.500. The predicted molar refractivity (Wildman–Crippen MR) is 126 cm³/mol. The Kier molecular flexibility index (Phi) is 5.89. The number of amides is 1. The molecular formula is C24H31N5O5. The van der Waals surface area contributed by atoms with Crippen molar-refractivity contribution in [2.75, 3.05) is 20.2 Å². The minimum Gasteiger partial charge on any atom is -0.497 e. The lowest BCUT2D eigenvalue weighted by molar-refractivity contribution is -0.132. The van der Waals surface area contributed by atoms with E-state index in [-0.39, 0.29) is 31.0 Å². The molecule has 3 atom stereocenters. The van der Waals surface area contributed by atoms with Gasteiger partial charge >= 0.3 is 6.09 Å². The van der Waals surface area contributed by atoms with Crippen LogP contribution in [-0.4, -0.2) is 66.3 Å². The fourth-order valence-corrected chi connectivity index (χ4v) is 5.01. The molecule has 0 radical (unpaired) electrons. The largest absolute Gasteiger partial charge is 0.497 e. The van der Waals surface area contributed by atoms with Crippen LogP contribution in [0, 0.1) is 11.3 Å². The molecule has 3 aromatic rings. The Morgan fingerprint density at radius 3 is 2.53 bits per heavy atom. The van der Waals surface area contributed by atoms with Crippen LogP contribution in [0.2, 0.25) is 0 Å². The molecule has 0 saturated carbocycles. The van der Waals surface area contributed by atoms with Gasteiger partial charge in [-0.2, -0.15) is 5.10 Å². The Morgan fingerprint density at radius 2 is 1.94 bits per heavy atom. The number of ether oxygens (including phenoxy) is 1. The van der Waals surface area contributed by atoms with E-state index < -0.39 is 23.2 Å². The van der Waals surface area contributed by atoms with Crippen molar-refractivity contribution in [2.45, 2.75) is 45.8 Å². The number of aliphatic hydroxyl groups is 1. The highest BCUT2D eigenvalue weighted by atomic mass is 16.5. The zero-order valence-electron chi connectivity index (χ0n) is 20.1. The summed E-state index contributed by atoms with van der Waals surface area (Å²) < 4.78 is 8.23. The molecule has 2 N–H and O–H groups in total. The number of fused-ring (bicyclic) bond motifs is 1. The first-order valence-corrected chi connectivity index (χ1v) is 11.3. The number of nitrogens with zero attached hydrogens (tertiary/aromatic N) is 5. The number of carboxylic acid groups (broad SMARTS) is 1. The van der Waals surface area contributed by atoms with Crippen LogP contribution < -0.4 is 10.3 Å². The molecule has 10 heteroatoms. The SMILES string of the molecule is COc1ccc(-n2ncc3c(=O)n(C(C)C4(O)CCN(C(=O)O)CC4C(C)(C)C)cnc32)cc1. The second-order valence-electron chi connectivity index (χ2n) is 10.0. The number of aromatic nitrogens is 4. The Balaban J connectivity index is 1.73. The van der Waals surface area contributed by atoms with Gasteiger partial charge in [0.05, 0.1) is 30.6 Å². The summed E-state index contributed by atoms with van der Waals surface area (Å²) in [5.41, 5.74) is -0.842. The van der Waals surface area contributed by atoms with Gasteiger partial charge in [-0.3, -0.25) is 9.36 Å². The molecule has 1 aliphatic rings. The second kappa shape index (κ2) is 8.43. The zero-order chi connectivity index (χ0) is 24.8. The number of hydrogen-bond acceptors (Lipinski definition) is 6. The molecule has 3 unspecified atom stereocenters. The monoisotopic (exact) mass is 469 g/mol. The van der Waals surface area contributed by atoms with Crippen LogP contribution in [-0.2, 0) is 0 Å². The van der Waals surface area contributed by atoms with Gasteiger partial charge in [-0.25, -0.2) is 14.5 Å². The molecule has 1 amide bonds. The van der Waals surface area contributed by atoms with Crippen molar-refractivity contribution in [1.82, 2.24) is 24.2 Å². The molecule has 2 aromatic heterocycles. The van der Waals surface area contributed by atoms with Crippen molar-refractivity contribution in [3.8, 4) is 11.4 Å². The summed E-state index contributed by atoms with van der Waals surface area (Å²) in [5.74, 6) is 0.324. The average molecular weight is 470 g/mol. The van der Waals surface area contributed by atoms with Gasteiger partial charge in [-0.15, -0.1) is 0 Å². The van der Waals surface area contributed by atoms with Gasteiger partial charge in [-0.1, -0.05) is 20.8 Å². The number of likely N-dealkylation sites (tertiary alicyclic amines) is 1. The summed E-state index contributed by atoms with van der Waals surface area (Å²) in [6.07, 6.45) is 2.14. The maximum absolute atomic E-state index is 13.5. The van der Waals surface area contributed by atoms with Gasteiger partial charge in [0.1, 0.15) is 17.5 Å². The van der Waals surface area contributed by atoms with Crippen molar-refractivity contribution >= 4 is 17.1 Å². The maximum Gasteiger partial charge on any atom is 0.407 e. The van der Waals surface area contributed by atoms with E-state index in [0.717, 1.165) is 5.69 Å². The second-order valence-corrected chi connectivity index (χ2v) is 10.0. The van der Waals surface area contributed by atoms with Gasteiger partial charge in [-0.05, 0) is 43.0 Å². The summed E-state index contributed by atoms with van der Waals surface area (Å²) in [6.45, 7) is 8.11. The van der Waals surface area contributed by atoms with E-state index in [1.165, 1.54) is 22.0 Å². The standard InChI is InChI=1S/C24H31N5O5/c1-15(24(33)10-11-27(22(31)32)13-19(24)23(2,3)4)28-14-25-20-18(21(28)30)12-26-29(20)16-6-8-17(34-5)9-7-16/h6-9,12,14-15,19,33H,10-11,13H2,1-5H3,(H,31,32). The Hall–Kier alpha value is -3.40. The summed E-state index contributed by atoms with van der Waals surface area (Å²) in [6, 6.07) is 6.64. The molecule has 0 aliphatic carbocycles. The van der Waals surface area contributed by atoms with E-state index in [2.05, 4.69) is 10.1 Å². The average Bonchev–Trinajstić information content (AvgIpc) is 3.23. The molecule has 34 heavy (non-hydrogen) atoms. The first-order chi connectivity index (χ1) is 16.0. The van der Waals surface area contributed by atoms with Crippen LogP contribution in [0.4, 0.5) is 4.79 Å². The number of rotatable bonds is 4. The molecule has 4 rings (SSSR count). The predicted octanol–water partition coefficient (Wildman–Crippen LogP) is 2.93. The van der Waals surface area contributed by atoms with Crippen LogP contribution in [0.1, 0.15) is 40.2 Å². The summed E-state index contributed by atoms with van der Waals surface area (Å²) in [5, 5.41) is 26.1. The van der Waals surface area contributed by atoms with E-state index in [9.17, 15) is 19.8 Å². The molecule has 0 spiro atoms. The van der Waals surface area contributed by atoms with Crippen LogP contribution in [0.5, 0.6) is 5.75 Å². The normalized spacial score (nSPS) is 22.1. The Labute approximate surface area is 197 Å². The molecule has 1 aromatic carbocycles. The lowest BCUT2D eigenvalue weighted by Crippen LogP contribution is -2.60. The van der Waals surface area contributed by atoms with E-state index in [1.807, 2.05) is 32.9 Å². The molecule has 1 saturated heterocycles. The van der Waals surface area contributed by atoms with Crippen LogP contribution in [0.15, 0.2) is 41.6 Å². The van der Waals surface area contributed by atoms with Crippen molar-refractivity contribution in [2.24, 2.45) is 11.3 Å². The third-order valence-electron chi connectivity index (χ3n) is 7.08. The zero-order valence-corrected chi connectivity index (χ0v) is 20.1. The van der Waals surface area contributed by atoms with Crippen molar-refractivity contribution in [3.05, 3.63) is 47.1 Å². The lowest BCUT2D eigenvalue weighted by atomic mass is 9.64. The maximum atomic E-state index is 13.5. The molecule has 182 valence electrons. The molecule has 3 heterocycles. The lowest BCUT2D eigenvalue weighted by Gasteiger charge is -2.52. The molecular weight excluding hydrogens is 438 g/mol. The van der Waals surface area contributed by atoms with E-state index in [1.54, 1.807) is 30.8 Å².